The molecule has 1 aromatic rings. The molecule has 0 spiro atoms. The Morgan fingerprint density at radius 1 is 0.941 bits per heavy atom. The molecule has 0 radical (unpaired) electrons. The van der Waals surface area contributed by atoms with Crippen LogP contribution in [-0.4, -0.2) is 0 Å². The summed E-state index contributed by atoms with van der Waals surface area (Å²) < 4.78 is 16.7. The van der Waals surface area contributed by atoms with Crippen LogP contribution in [0.3, 0.4) is 0 Å². The van der Waals surface area contributed by atoms with Crippen LogP contribution in [0.25, 0.3) is 0 Å². The lowest BCUT2D eigenvalue weighted by Crippen LogP contribution is -2.04. The van der Waals surface area contributed by atoms with E-state index >= 15 is 0 Å². The van der Waals surface area contributed by atoms with Crippen LogP contribution < -0.4 is 0 Å². The molecule has 0 unspecified atom stereocenters. The molecular formula is C17H28. The average molecular weight is 234 g/mol. The third kappa shape index (κ3) is 3.59. The summed E-state index contributed by atoms with van der Waals surface area (Å²) in [6.45, 7) is 14.8. The fourth-order valence-corrected chi connectivity index (χ4v) is 2.38. The molecule has 1 aromatic carbocycles. The van der Waals surface area contributed by atoms with E-state index in [0.29, 0.717) is 11.8 Å². The highest BCUT2D eigenvalue weighted by atomic mass is 14.2. The van der Waals surface area contributed by atoms with Crippen LogP contribution in [0.4, 0.5) is 0 Å². The highest BCUT2D eigenvalue weighted by molar-refractivity contribution is 5.41. The summed E-state index contributed by atoms with van der Waals surface area (Å²) in [6.07, 6.45) is -1.26. The zero-order valence-electron chi connectivity index (χ0n) is 14.4. The molecule has 1 rings (SSSR count). The molecule has 0 saturated carbocycles. The Bertz CT molecular complexity index is 414. The summed E-state index contributed by atoms with van der Waals surface area (Å²) >= 11 is 0. The Kier molecular flexibility index (Phi) is 3.80. The molecule has 0 aliphatic rings. The lowest BCUT2D eigenvalue weighted by Gasteiger charge is -2.20. The second-order valence-corrected chi connectivity index (χ2v) is 5.89. The first kappa shape index (κ1) is 11.3. The first-order valence-corrected chi connectivity index (χ1v) is 6.73. The van der Waals surface area contributed by atoms with Crippen molar-refractivity contribution in [3.8, 4) is 0 Å². The van der Waals surface area contributed by atoms with Crippen LogP contribution in [0.1, 0.15) is 78.4 Å². The number of benzene rings is 1. The maximum absolute atomic E-state index is 8.33. The highest BCUT2D eigenvalue weighted by Gasteiger charge is 2.12. The Hall–Kier alpha value is -0.780. The van der Waals surface area contributed by atoms with Gasteiger partial charge in [-0.15, -0.1) is 0 Å². The molecule has 0 amide bonds. The molecule has 0 N–H and O–H groups in total. The number of hydrogen-bond donors (Lipinski definition) is 0. The van der Waals surface area contributed by atoms with Gasteiger partial charge in [0.05, 0.1) is 0 Å². The predicted molar refractivity (Wildman–Crippen MR) is 77.9 cm³/mol. The Morgan fingerprint density at radius 3 is 1.65 bits per heavy atom. The van der Waals surface area contributed by atoms with E-state index in [1.54, 1.807) is 0 Å². The van der Waals surface area contributed by atoms with E-state index in [1.165, 1.54) is 16.7 Å². The predicted octanol–water partition coefficient (Wildman–Crippen LogP) is 5.44. The molecule has 0 nitrogen and oxygen atoms in total. The van der Waals surface area contributed by atoms with Gasteiger partial charge < -0.3 is 0 Å². The molecule has 0 fully saturated rings. The minimum Gasteiger partial charge on any atom is -0.0625 e. The maximum Gasteiger partial charge on any atom is 0.0319 e. The van der Waals surface area contributed by atoms with Crippen molar-refractivity contribution in [2.45, 2.75) is 66.7 Å². The fraction of sp³-hybridized carbons (Fsp3) is 0.647. The van der Waals surface area contributed by atoms with Gasteiger partial charge in [-0.1, -0.05) is 53.7 Å². The van der Waals surface area contributed by atoms with Crippen molar-refractivity contribution in [2.75, 3.05) is 0 Å². The van der Waals surface area contributed by atoms with Crippen LogP contribution in [0, 0.1) is 12.8 Å². The van der Waals surface area contributed by atoms with Crippen molar-refractivity contribution in [1.29, 1.82) is 0 Å². The van der Waals surface area contributed by atoms with Crippen LogP contribution >= 0.6 is 0 Å². The van der Waals surface area contributed by atoms with Crippen molar-refractivity contribution in [3.05, 3.63) is 34.4 Å². The quantitative estimate of drug-likeness (QED) is 0.650. The minimum atomic E-state index is -1.26. The second-order valence-electron chi connectivity index (χ2n) is 5.89. The van der Waals surface area contributed by atoms with E-state index in [9.17, 15) is 0 Å². The van der Waals surface area contributed by atoms with Crippen molar-refractivity contribution in [3.63, 3.8) is 0 Å². The number of hydrogen-bond acceptors (Lipinski definition) is 0. The van der Waals surface area contributed by atoms with E-state index in [0.717, 1.165) is 5.56 Å². The first-order valence-electron chi connectivity index (χ1n) is 7.73. The Balaban J connectivity index is 3.51. The summed E-state index contributed by atoms with van der Waals surface area (Å²) in [6, 6.07) is 4.15. The topological polar surface area (TPSA) is 0 Å². The van der Waals surface area contributed by atoms with Crippen molar-refractivity contribution < 1.29 is 2.74 Å². The molecule has 0 aliphatic heterocycles. The standard InChI is InChI=1S/C17H28/c1-11(2)8-15-9-16(12(3)4)14(7)17(10-15)13(5)6/h9-13H,8H2,1-7H3/i8D2. The highest BCUT2D eigenvalue weighted by Crippen LogP contribution is 2.29. The van der Waals surface area contributed by atoms with Crippen molar-refractivity contribution >= 4 is 0 Å². The maximum atomic E-state index is 8.33. The summed E-state index contributed by atoms with van der Waals surface area (Å²) in [5.74, 6) is 0.844. The van der Waals surface area contributed by atoms with E-state index in [2.05, 4.69) is 46.8 Å². The van der Waals surface area contributed by atoms with Crippen molar-refractivity contribution in [1.82, 2.24) is 0 Å². The van der Waals surface area contributed by atoms with E-state index in [4.69, 9.17) is 2.74 Å². The monoisotopic (exact) mass is 234 g/mol. The van der Waals surface area contributed by atoms with Crippen LogP contribution in [0.2, 0.25) is 0 Å². The molecule has 0 heterocycles. The SMILES string of the molecule is [2H]C([2H])(c1cc(C(C)C)c(C)c(C(C)C)c1)C(C)C. The Morgan fingerprint density at radius 2 is 1.35 bits per heavy atom. The largest absolute Gasteiger partial charge is 0.0625 e. The molecule has 0 aliphatic carbocycles. The first-order chi connectivity index (χ1) is 8.59. The van der Waals surface area contributed by atoms with Gasteiger partial charge in [-0.3, -0.25) is 0 Å². The second kappa shape index (κ2) is 5.71. The van der Waals surface area contributed by atoms with Crippen LogP contribution in [0.15, 0.2) is 12.1 Å². The lowest BCUT2D eigenvalue weighted by molar-refractivity contribution is 0.644. The molecular weight excluding hydrogens is 204 g/mol. The van der Waals surface area contributed by atoms with E-state index in [-0.39, 0.29) is 5.92 Å². The zero-order valence-corrected chi connectivity index (χ0v) is 12.4. The van der Waals surface area contributed by atoms with Crippen LogP contribution in [-0.2, 0) is 6.37 Å². The molecule has 0 heteroatoms. The van der Waals surface area contributed by atoms with Crippen LogP contribution in [0.5, 0.6) is 0 Å². The van der Waals surface area contributed by atoms with E-state index < -0.39 is 6.37 Å². The number of rotatable bonds is 4. The van der Waals surface area contributed by atoms with Gasteiger partial charge in [0.2, 0.25) is 0 Å². The molecule has 17 heavy (non-hydrogen) atoms. The van der Waals surface area contributed by atoms with Crippen molar-refractivity contribution in [2.24, 2.45) is 5.92 Å². The third-order valence-corrected chi connectivity index (χ3v) is 3.19. The van der Waals surface area contributed by atoms with E-state index in [1.807, 2.05) is 13.8 Å². The zero-order chi connectivity index (χ0) is 15.0. The van der Waals surface area contributed by atoms with Gasteiger partial charge in [0.25, 0.3) is 0 Å². The van der Waals surface area contributed by atoms with Gasteiger partial charge in [0.15, 0.2) is 0 Å². The third-order valence-electron chi connectivity index (χ3n) is 3.19. The molecule has 0 bridgehead atoms. The summed E-state index contributed by atoms with van der Waals surface area (Å²) in [4.78, 5) is 0. The summed E-state index contributed by atoms with van der Waals surface area (Å²) in [5, 5.41) is 0. The lowest BCUT2D eigenvalue weighted by atomic mass is 9.86. The molecule has 96 valence electrons. The summed E-state index contributed by atoms with van der Waals surface area (Å²) in [7, 11) is 0. The molecule has 0 aromatic heterocycles. The molecule has 0 atom stereocenters. The average Bonchev–Trinajstić information content (AvgIpc) is 2.27. The van der Waals surface area contributed by atoms with Gasteiger partial charge in [-0.25, -0.2) is 0 Å². The van der Waals surface area contributed by atoms with Gasteiger partial charge in [-0.2, -0.15) is 0 Å². The van der Waals surface area contributed by atoms with Gasteiger partial charge in [0, 0.05) is 2.74 Å². The molecule has 0 saturated heterocycles. The van der Waals surface area contributed by atoms with Gasteiger partial charge in [0.1, 0.15) is 0 Å². The summed E-state index contributed by atoms with van der Waals surface area (Å²) in [5.41, 5.74) is 4.73. The normalized spacial score (nSPS) is 14.5. The smallest absolute Gasteiger partial charge is 0.0319 e. The van der Waals surface area contributed by atoms with Gasteiger partial charge in [-0.05, 0) is 53.3 Å². The Labute approximate surface area is 110 Å². The minimum absolute atomic E-state index is 0.0183. The van der Waals surface area contributed by atoms with Gasteiger partial charge >= 0.3 is 0 Å². The fourth-order valence-electron chi connectivity index (χ4n) is 2.38.